The summed E-state index contributed by atoms with van der Waals surface area (Å²) in [5.41, 5.74) is 0. The number of hydrogen-bond donors (Lipinski definition) is 0. The van der Waals surface area contributed by atoms with Gasteiger partial charge in [-0.1, -0.05) is 33.1 Å². The first-order valence-electron chi connectivity index (χ1n) is 4.10. The second-order valence-electron chi connectivity index (χ2n) is 2.87. The predicted octanol–water partition coefficient (Wildman–Crippen LogP) is 1.88. The van der Waals surface area contributed by atoms with Crippen molar-refractivity contribution in [3.05, 3.63) is 0 Å². The van der Waals surface area contributed by atoms with E-state index in [1.807, 2.05) is 6.92 Å². The van der Waals surface area contributed by atoms with E-state index < -0.39 is 10.3 Å². The topological polar surface area (TPSA) is 34.1 Å². The molecule has 0 spiro atoms. The number of hydrogen-bond acceptors (Lipinski definition) is 2. The summed E-state index contributed by atoms with van der Waals surface area (Å²) in [6.07, 6.45) is 4.50. The van der Waals surface area contributed by atoms with Gasteiger partial charge in [-0.05, 0) is 12.3 Å². The highest BCUT2D eigenvalue weighted by molar-refractivity contribution is 7.71. The fraction of sp³-hybridized carbons (Fsp3) is 0.875. The van der Waals surface area contributed by atoms with Crippen molar-refractivity contribution in [3.63, 3.8) is 0 Å². The molecular formula is C8H16O2S. The van der Waals surface area contributed by atoms with Gasteiger partial charge in [0.05, 0.1) is 0 Å². The molecule has 0 aliphatic heterocycles. The molecule has 0 aromatic carbocycles. The van der Waals surface area contributed by atoms with Gasteiger partial charge < -0.3 is 0 Å². The third-order valence-corrected chi connectivity index (χ3v) is 2.29. The Kier molecular flexibility index (Phi) is 6.22. The lowest BCUT2D eigenvalue weighted by molar-refractivity contribution is 0.602. The second-order valence-corrected chi connectivity index (χ2v) is 3.66. The fourth-order valence-electron chi connectivity index (χ4n) is 0.974. The molecule has 0 rings (SSSR count). The van der Waals surface area contributed by atoms with Crippen LogP contribution < -0.4 is 0 Å². The van der Waals surface area contributed by atoms with Crippen LogP contribution in [0.25, 0.3) is 0 Å². The first-order valence-corrected chi connectivity index (χ1v) is 5.23. The zero-order valence-corrected chi connectivity index (χ0v) is 8.02. The molecule has 0 saturated carbocycles. The van der Waals surface area contributed by atoms with Crippen molar-refractivity contribution < 1.29 is 8.42 Å². The standard InChI is InChI=1S/C8H16O2S/c1-3-4-5-6-8(2)7-11(9)10/h7-8H,3-6H2,1-2H3. The van der Waals surface area contributed by atoms with Gasteiger partial charge in [0.25, 0.3) is 0 Å². The minimum atomic E-state index is -1.98. The molecule has 0 aliphatic rings. The van der Waals surface area contributed by atoms with Crippen LogP contribution in [0.5, 0.6) is 0 Å². The molecule has 0 saturated heterocycles. The van der Waals surface area contributed by atoms with E-state index in [0.717, 1.165) is 12.8 Å². The maximum absolute atomic E-state index is 10.2. The highest BCUT2D eigenvalue weighted by Gasteiger charge is 1.96. The molecular weight excluding hydrogens is 160 g/mol. The molecule has 2 nitrogen and oxygen atoms in total. The van der Waals surface area contributed by atoms with Gasteiger partial charge in [-0.2, -0.15) is 8.42 Å². The molecule has 0 aromatic rings. The minimum absolute atomic E-state index is 0.208. The van der Waals surface area contributed by atoms with Gasteiger partial charge in [0.15, 0.2) is 0 Å². The van der Waals surface area contributed by atoms with Gasteiger partial charge in [0.1, 0.15) is 0 Å². The predicted molar refractivity (Wildman–Crippen MR) is 48.3 cm³/mol. The minimum Gasteiger partial charge on any atom is -0.185 e. The lowest BCUT2D eigenvalue weighted by Gasteiger charge is -2.01. The molecule has 0 heterocycles. The van der Waals surface area contributed by atoms with E-state index in [0.29, 0.717) is 0 Å². The lowest BCUT2D eigenvalue weighted by atomic mass is 10.1. The van der Waals surface area contributed by atoms with E-state index in [9.17, 15) is 8.42 Å². The van der Waals surface area contributed by atoms with Crippen LogP contribution in [-0.4, -0.2) is 13.8 Å². The van der Waals surface area contributed by atoms with Crippen molar-refractivity contribution in [1.82, 2.24) is 0 Å². The van der Waals surface area contributed by atoms with Crippen molar-refractivity contribution in [2.75, 3.05) is 0 Å². The van der Waals surface area contributed by atoms with E-state index in [4.69, 9.17) is 0 Å². The summed E-state index contributed by atoms with van der Waals surface area (Å²) in [7, 11) is -1.98. The number of unbranched alkanes of at least 4 members (excludes halogenated alkanes) is 2. The Labute approximate surface area is 70.2 Å². The van der Waals surface area contributed by atoms with Crippen molar-refractivity contribution >= 4 is 15.7 Å². The maximum atomic E-state index is 10.2. The summed E-state index contributed by atoms with van der Waals surface area (Å²) in [6, 6.07) is 0. The normalized spacial score (nSPS) is 12.5. The number of rotatable bonds is 5. The maximum Gasteiger partial charge on any atom is 0.210 e. The largest absolute Gasteiger partial charge is 0.210 e. The van der Waals surface area contributed by atoms with Crippen LogP contribution in [0, 0.1) is 5.92 Å². The Morgan fingerprint density at radius 3 is 2.45 bits per heavy atom. The van der Waals surface area contributed by atoms with Gasteiger partial charge >= 0.3 is 0 Å². The Morgan fingerprint density at radius 2 is 2.00 bits per heavy atom. The van der Waals surface area contributed by atoms with Crippen LogP contribution in [0.1, 0.15) is 39.5 Å². The zero-order chi connectivity index (χ0) is 8.69. The van der Waals surface area contributed by atoms with Crippen LogP contribution in [0.3, 0.4) is 0 Å². The van der Waals surface area contributed by atoms with Gasteiger partial charge in [-0.15, -0.1) is 0 Å². The Hall–Kier alpha value is -0.310. The molecule has 0 amide bonds. The Balaban J connectivity index is 3.53. The smallest absolute Gasteiger partial charge is 0.185 e. The van der Waals surface area contributed by atoms with E-state index >= 15 is 0 Å². The van der Waals surface area contributed by atoms with E-state index in [1.165, 1.54) is 18.2 Å². The molecule has 0 N–H and O–H groups in total. The van der Waals surface area contributed by atoms with Crippen molar-refractivity contribution in [1.29, 1.82) is 0 Å². The molecule has 3 heteroatoms. The van der Waals surface area contributed by atoms with Gasteiger partial charge in [0.2, 0.25) is 10.3 Å². The summed E-state index contributed by atoms with van der Waals surface area (Å²) < 4.78 is 20.4. The summed E-state index contributed by atoms with van der Waals surface area (Å²) >= 11 is 0. The summed E-state index contributed by atoms with van der Waals surface area (Å²) in [4.78, 5) is 0. The summed E-state index contributed by atoms with van der Waals surface area (Å²) in [5.74, 6) is 0.208. The Bertz CT molecular complexity index is 196. The van der Waals surface area contributed by atoms with Gasteiger partial charge in [-0.3, -0.25) is 0 Å². The van der Waals surface area contributed by atoms with E-state index in [2.05, 4.69) is 6.92 Å². The van der Waals surface area contributed by atoms with Crippen LogP contribution in [-0.2, 0) is 10.3 Å². The monoisotopic (exact) mass is 176 g/mol. The van der Waals surface area contributed by atoms with Crippen molar-refractivity contribution in [2.24, 2.45) is 5.92 Å². The van der Waals surface area contributed by atoms with Gasteiger partial charge in [-0.25, -0.2) is 0 Å². The molecule has 1 atom stereocenters. The molecule has 11 heavy (non-hydrogen) atoms. The first kappa shape index (κ1) is 10.7. The van der Waals surface area contributed by atoms with Crippen molar-refractivity contribution in [3.8, 4) is 0 Å². The Morgan fingerprint density at radius 1 is 1.36 bits per heavy atom. The third kappa shape index (κ3) is 7.59. The molecule has 0 radical (unpaired) electrons. The lowest BCUT2D eigenvalue weighted by Crippen LogP contribution is -1.96. The highest BCUT2D eigenvalue weighted by atomic mass is 32.2. The first-order chi connectivity index (χ1) is 5.16. The van der Waals surface area contributed by atoms with Gasteiger partial charge in [0, 0.05) is 5.37 Å². The molecule has 0 fully saturated rings. The van der Waals surface area contributed by atoms with Crippen LogP contribution >= 0.6 is 0 Å². The third-order valence-electron chi connectivity index (χ3n) is 1.61. The van der Waals surface area contributed by atoms with Crippen LogP contribution in [0.4, 0.5) is 0 Å². The molecule has 0 aromatic heterocycles. The van der Waals surface area contributed by atoms with Crippen molar-refractivity contribution in [2.45, 2.75) is 39.5 Å². The van der Waals surface area contributed by atoms with E-state index in [-0.39, 0.29) is 5.92 Å². The second kappa shape index (κ2) is 6.40. The van der Waals surface area contributed by atoms with Crippen LogP contribution in [0.2, 0.25) is 0 Å². The van der Waals surface area contributed by atoms with Crippen LogP contribution in [0.15, 0.2) is 0 Å². The SMILES string of the molecule is CCCCCC(C)C=S(=O)=O. The fourth-order valence-corrected chi connectivity index (χ4v) is 1.49. The highest BCUT2D eigenvalue weighted by Crippen LogP contribution is 2.06. The molecule has 1 unspecified atom stereocenters. The zero-order valence-electron chi connectivity index (χ0n) is 7.21. The molecule has 66 valence electrons. The molecule has 0 aliphatic carbocycles. The summed E-state index contributed by atoms with van der Waals surface area (Å²) in [5, 5.41) is 1.37. The average Bonchev–Trinajstić information content (AvgIpc) is 1.86. The average molecular weight is 176 g/mol. The van der Waals surface area contributed by atoms with E-state index in [1.54, 1.807) is 0 Å². The molecule has 0 bridgehead atoms. The summed E-state index contributed by atoms with van der Waals surface area (Å²) in [6.45, 7) is 4.07. The quantitative estimate of drug-likeness (QED) is 0.473.